The van der Waals surface area contributed by atoms with Gasteiger partial charge >= 0.3 is 6.18 Å². The number of fused-ring (bicyclic) bond motifs is 2. The van der Waals surface area contributed by atoms with E-state index in [9.17, 15) is 21.6 Å². The fourth-order valence-corrected chi connectivity index (χ4v) is 4.92. The number of alkyl halides is 3. The second-order valence-electron chi connectivity index (χ2n) is 7.39. The number of hydrogen-bond donors (Lipinski definition) is 0. The Kier molecular flexibility index (Phi) is 4.48. The Hall–Kier alpha value is -2.43. The molecule has 7 nitrogen and oxygen atoms in total. The molecule has 1 aliphatic rings. The first-order valence-corrected chi connectivity index (χ1v) is 10.9. The first-order chi connectivity index (χ1) is 13.5. The molecule has 0 aliphatic carbocycles. The fraction of sp³-hybridized carbons (Fsp3) is 0.500. The third-order valence-electron chi connectivity index (χ3n) is 5.32. The third kappa shape index (κ3) is 3.21. The van der Waals surface area contributed by atoms with Crippen molar-refractivity contribution in [3.63, 3.8) is 0 Å². The number of pyridine rings is 1. The van der Waals surface area contributed by atoms with Crippen LogP contribution in [0.25, 0.3) is 22.6 Å². The zero-order chi connectivity index (χ0) is 21.1. The number of aryl methyl sites for hydroxylation is 1. The monoisotopic (exact) mass is 427 g/mol. The highest BCUT2D eigenvalue weighted by Gasteiger charge is 2.35. The van der Waals surface area contributed by atoms with Crippen LogP contribution >= 0.6 is 0 Å². The maximum absolute atomic E-state index is 13.0. The molecule has 0 bridgehead atoms. The SMILES string of the molecule is CCS(=O)(=O)c1c(-c2nc3cc(C(F)(F)F)ncc3n2C)nc2n1CCC(C)C2. The Balaban J connectivity index is 1.97. The van der Waals surface area contributed by atoms with Crippen LogP contribution in [0.15, 0.2) is 17.3 Å². The minimum Gasteiger partial charge on any atom is -0.324 e. The van der Waals surface area contributed by atoms with Crippen molar-refractivity contribution in [2.45, 2.75) is 44.4 Å². The molecule has 0 fully saturated rings. The van der Waals surface area contributed by atoms with E-state index >= 15 is 0 Å². The molecule has 0 saturated heterocycles. The number of halogens is 3. The van der Waals surface area contributed by atoms with Crippen LogP contribution in [0, 0.1) is 5.92 Å². The lowest BCUT2D eigenvalue weighted by molar-refractivity contribution is -0.141. The second kappa shape index (κ2) is 6.54. The maximum atomic E-state index is 13.0. The summed E-state index contributed by atoms with van der Waals surface area (Å²) in [5.74, 6) is 1.13. The minimum atomic E-state index is -4.59. The van der Waals surface area contributed by atoms with Crippen molar-refractivity contribution in [3.8, 4) is 11.5 Å². The molecule has 0 N–H and O–H groups in total. The zero-order valence-electron chi connectivity index (χ0n) is 16.2. The topological polar surface area (TPSA) is 82.7 Å². The first-order valence-electron chi connectivity index (χ1n) is 9.25. The van der Waals surface area contributed by atoms with Gasteiger partial charge in [-0.3, -0.25) is 0 Å². The highest BCUT2D eigenvalue weighted by Crippen LogP contribution is 2.35. The first kappa shape index (κ1) is 19.9. The van der Waals surface area contributed by atoms with Crippen molar-refractivity contribution in [2.75, 3.05) is 5.75 Å². The molecule has 4 heterocycles. The largest absolute Gasteiger partial charge is 0.433 e. The number of aromatic nitrogens is 5. The Bertz CT molecular complexity index is 1210. The molecule has 3 aromatic heterocycles. The number of sulfone groups is 1. The van der Waals surface area contributed by atoms with Crippen LogP contribution in [0.5, 0.6) is 0 Å². The molecule has 0 spiro atoms. The van der Waals surface area contributed by atoms with Crippen LogP contribution in [-0.2, 0) is 36.0 Å². The molecule has 156 valence electrons. The number of rotatable bonds is 3. The van der Waals surface area contributed by atoms with E-state index in [0.29, 0.717) is 30.2 Å². The lowest BCUT2D eigenvalue weighted by atomic mass is 10.0. The van der Waals surface area contributed by atoms with Crippen LogP contribution < -0.4 is 0 Å². The van der Waals surface area contributed by atoms with Gasteiger partial charge in [-0.05, 0) is 18.4 Å². The summed E-state index contributed by atoms with van der Waals surface area (Å²) in [7, 11) is -2.01. The Morgan fingerprint density at radius 3 is 2.66 bits per heavy atom. The average Bonchev–Trinajstić information content (AvgIpc) is 3.18. The van der Waals surface area contributed by atoms with E-state index in [1.807, 2.05) is 0 Å². The standard InChI is InChI=1S/C18H20F3N5O2S/c1-4-29(27,28)17-15(24-14-7-10(2)5-6-26(14)17)16-23-11-8-13(18(19,20)21)22-9-12(11)25(16)3/h8-10H,4-7H2,1-3H3. The quantitative estimate of drug-likeness (QED) is 0.641. The number of hydrogen-bond acceptors (Lipinski definition) is 5. The van der Waals surface area contributed by atoms with Gasteiger partial charge in [-0.15, -0.1) is 0 Å². The molecule has 0 saturated carbocycles. The summed E-state index contributed by atoms with van der Waals surface area (Å²) in [6.45, 7) is 4.16. The smallest absolute Gasteiger partial charge is 0.324 e. The lowest BCUT2D eigenvalue weighted by Crippen LogP contribution is -2.21. The zero-order valence-corrected chi connectivity index (χ0v) is 17.0. The van der Waals surface area contributed by atoms with Crippen LogP contribution in [0.4, 0.5) is 13.2 Å². The van der Waals surface area contributed by atoms with Crippen LogP contribution in [0.2, 0.25) is 0 Å². The summed E-state index contributed by atoms with van der Waals surface area (Å²) >= 11 is 0. The molecule has 4 rings (SSSR count). The van der Waals surface area contributed by atoms with E-state index in [1.54, 1.807) is 18.5 Å². The molecule has 3 aromatic rings. The highest BCUT2D eigenvalue weighted by atomic mass is 32.2. The molecule has 1 aliphatic heterocycles. The minimum absolute atomic E-state index is 0.0870. The van der Waals surface area contributed by atoms with E-state index in [2.05, 4.69) is 21.9 Å². The van der Waals surface area contributed by atoms with Crippen molar-refractivity contribution < 1.29 is 21.6 Å². The van der Waals surface area contributed by atoms with Gasteiger partial charge in [0.2, 0.25) is 0 Å². The Morgan fingerprint density at radius 1 is 1.28 bits per heavy atom. The van der Waals surface area contributed by atoms with Crippen LogP contribution in [0.3, 0.4) is 0 Å². The summed E-state index contributed by atoms with van der Waals surface area (Å²) in [6, 6.07) is 0.866. The normalized spacial score (nSPS) is 17.7. The van der Waals surface area contributed by atoms with Gasteiger partial charge in [-0.2, -0.15) is 13.2 Å². The molecular weight excluding hydrogens is 407 g/mol. The predicted octanol–water partition coefficient (Wildman–Crippen LogP) is 3.23. The van der Waals surface area contributed by atoms with Crippen LogP contribution in [-0.4, -0.2) is 38.3 Å². The van der Waals surface area contributed by atoms with Gasteiger partial charge in [0, 0.05) is 20.0 Å². The summed E-state index contributed by atoms with van der Waals surface area (Å²) in [4.78, 5) is 12.4. The van der Waals surface area contributed by atoms with Gasteiger partial charge in [0.05, 0.1) is 23.0 Å². The van der Waals surface area contributed by atoms with E-state index < -0.39 is 21.7 Å². The molecule has 0 radical (unpaired) electrons. The maximum Gasteiger partial charge on any atom is 0.433 e. The van der Waals surface area contributed by atoms with E-state index in [1.165, 1.54) is 4.57 Å². The van der Waals surface area contributed by atoms with E-state index in [4.69, 9.17) is 0 Å². The molecule has 29 heavy (non-hydrogen) atoms. The van der Waals surface area contributed by atoms with Crippen LogP contribution in [0.1, 0.15) is 31.8 Å². The van der Waals surface area contributed by atoms with Crippen molar-refractivity contribution in [2.24, 2.45) is 13.0 Å². The average molecular weight is 427 g/mol. The fourth-order valence-electron chi connectivity index (χ4n) is 3.69. The van der Waals surface area contributed by atoms with Crippen molar-refractivity contribution in [3.05, 3.63) is 23.8 Å². The Morgan fingerprint density at radius 2 is 2.00 bits per heavy atom. The second-order valence-corrected chi connectivity index (χ2v) is 9.58. The molecule has 0 aromatic carbocycles. The van der Waals surface area contributed by atoms with E-state index in [-0.39, 0.29) is 27.8 Å². The van der Waals surface area contributed by atoms with Crippen molar-refractivity contribution in [1.29, 1.82) is 0 Å². The molecular formula is C18H20F3N5O2S. The summed E-state index contributed by atoms with van der Waals surface area (Å²) in [6.07, 6.45) is -2.03. The van der Waals surface area contributed by atoms with Gasteiger partial charge in [0.25, 0.3) is 0 Å². The molecule has 0 amide bonds. The van der Waals surface area contributed by atoms with Gasteiger partial charge in [-0.25, -0.2) is 23.4 Å². The third-order valence-corrected chi connectivity index (χ3v) is 7.08. The molecule has 1 atom stereocenters. The van der Waals surface area contributed by atoms with Crippen molar-refractivity contribution in [1.82, 2.24) is 24.1 Å². The van der Waals surface area contributed by atoms with Gasteiger partial charge in [-0.1, -0.05) is 13.8 Å². The molecule has 1 unspecified atom stereocenters. The summed E-state index contributed by atoms with van der Waals surface area (Å²) in [5, 5.41) is 0.0873. The predicted molar refractivity (Wildman–Crippen MR) is 99.9 cm³/mol. The Labute approximate surface area is 165 Å². The number of imidazole rings is 2. The molecule has 11 heteroatoms. The van der Waals surface area contributed by atoms with E-state index in [0.717, 1.165) is 18.7 Å². The van der Waals surface area contributed by atoms with Gasteiger partial charge < -0.3 is 9.13 Å². The van der Waals surface area contributed by atoms with Gasteiger partial charge in [0.15, 0.2) is 20.7 Å². The summed E-state index contributed by atoms with van der Waals surface area (Å²) in [5.41, 5.74) is -0.409. The van der Waals surface area contributed by atoms with Gasteiger partial charge in [0.1, 0.15) is 17.2 Å². The number of nitrogens with zero attached hydrogens (tertiary/aromatic N) is 5. The lowest BCUT2D eigenvalue weighted by Gasteiger charge is -2.21. The highest BCUT2D eigenvalue weighted by molar-refractivity contribution is 7.91. The van der Waals surface area contributed by atoms with Crippen molar-refractivity contribution >= 4 is 20.9 Å². The summed E-state index contributed by atoms with van der Waals surface area (Å²) < 4.78 is 68.0.